The largest absolute Gasteiger partial charge is 0.178 e. The maximum absolute atomic E-state index is 4.51. The molecular weight excluding hydrogens is 361 g/mol. The van der Waals surface area contributed by atoms with E-state index < -0.39 is 0 Å². The van der Waals surface area contributed by atoms with Crippen molar-refractivity contribution in [1.29, 1.82) is 0 Å². The highest BCUT2D eigenvalue weighted by Gasteiger charge is 2.32. The van der Waals surface area contributed by atoms with Crippen molar-refractivity contribution in [3.8, 4) is 0 Å². The second-order valence-electron chi connectivity index (χ2n) is 5.09. The van der Waals surface area contributed by atoms with Crippen molar-refractivity contribution in [2.45, 2.75) is 10.8 Å². The van der Waals surface area contributed by atoms with Gasteiger partial charge in [-0.2, -0.15) is 75.8 Å². The molecule has 0 saturated heterocycles. The summed E-state index contributed by atoms with van der Waals surface area (Å²) in [7, 11) is 0. The van der Waals surface area contributed by atoms with Crippen LogP contribution < -0.4 is 0 Å². The summed E-state index contributed by atoms with van der Waals surface area (Å²) in [5, 5.41) is 0. The molecule has 0 fully saturated rings. The molecule has 114 valence electrons. The van der Waals surface area contributed by atoms with Gasteiger partial charge in [0.25, 0.3) is 0 Å². The Bertz CT molecular complexity index is 360. The zero-order chi connectivity index (χ0) is 15.2. The molecule has 0 radical (unpaired) electrons. The maximum atomic E-state index is 4.51. The van der Waals surface area contributed by atoms with Crippen molar-refractivity contribution in [2.24, 2.45) is 0 Å². The van der Waals surface area contributed by atoms with Gasteiger partial charge < -0.3 is 0 Å². The molecule has 1 aromatic rings. The molecule has 0 aromatic heterocycles. The molecule has 0 unspecified atom stereocenters. The van der Waals surface area contributed by atoms with E-state index in [1.807, 2.05) is 0 Å². The topological polar surface area (TPSA) is 0 Å². The highest BCUT2D eigenvalue weighted by Crippen LogP contribution is 2.34. The van der Waals surface area contributed by atoms with E-state index >= 15 is 0 Å². The van der Waals surface area contributed by atoms with Crippen molar-refractivity contribution < 1.29 is 0 Å². The predicted molar refractivity (Wildman–Crippen MR) is 113 cm³/mol. The van der Waals surface area contributed by atoms with Gasteiger partial charge in [0.05, 0.1) is 0 Å². The van der Waals surface area contributed by atoms with E-state index in [1.165, 1.54) is 11.1 Å². The highest BCUT2D eigenvalue weighted by molar-refractivity contribution is 7.82. The van der Waals surface area contributed by atoms with Crippen LogP contribution >= 0.6 is 75.8 Å². The third kappa shape index (κ3) is 3.80. The first kappa shape index (κ1) is 19.4. The van der Waals surface area contributed by atoms with Gasteiger partial charge in [-0.25, -0.2) is 0 Å². The van der Waals surface area contributed by atoms with Crippen LogP contribution in [0.4, 0.5) is 0 Å². The summed E-state index contributed by atoms with van der Waals surface area (Å²) in [6, 6.07) is 8.57. The van der Waals surface area contributed by atoms with Gasteiger partial charge in [-0.3, -0.25) is 0 Å². The number of hydrogen-bond acceptors (Lipinski definition) is 6. The number of rotatable bonds is 8. The summed E-state index contributed by atoms with van der Waals surface area (Å²) in [6.07, 6.45) is 0. The summed E-state index contributed by atoms with van der Waals surface area (Å²) in [6.45, 7) is 0. The normalized spacial score (nSPS) is 12.7. The first-order valence-corrected chi connectivity index (χ1v) is 10.1. The van der Waals surface area contributed by atoms with Crippen LogP contribution in [-0.2, 0) is 10.8 Å². The fourth-order valence-corrected chi connectivity index (χ4v) is 5.52. The van der Waals surface area contributed by atoms with E-state index in [2.05, 4.69) is 100 Å². The predicted octanol–water partition coefficient (Wildman–Crippen LogP) is 3.74. The van der Waals surface area contributed by atoms with E-state index in [1.54, 1.807) is 0 Å². The minimum absolute atomic E-state index is 0.110. The van der Waals surface area contributed by atoms with Gasteiger partial charge in [0, 0.05) is 45.3 Å². The van der Waals surface area contributed by atoms with Crippen LogP contribution in [0, 0.1) is 0 Å². The van der Waals surface area contributed by atoms with Crippen LogP contribution in [-0.4, -0.2) is 34.5 Å². The van der Waals surface area contributed by atoms with Gasteiger partial charge in [0.2, 0.25) is 0 Å². The molecule has 1 rings (SSSR count). The van der Waals surface area contributed by atoms with Gasteiger partial charge in [-0.05, 0) is 11.1 Å². The van der Waals surface area contributed by atoms with Crippen LogP contribution in [0.15, 0.2) is 24.3 Å². The summed E-state index contributed by atoms with van der Waals surface area (Å²) >= 11 is 27.0. The van der Waals surface area contributed by atoms with Crippen LogP contribution in [0.1, 0.15) is 11.1 Å². The molecule has 0 spiro atoms. The molecule has 20 heavy (non-hydrogen) atoms. The van der Waals surface area contributed by atoms with Crippen molar-refractivity contribution in [3.05, 3.63) is 35.4 Å². The molecule has 0 bridgehead atoms. The average molecular weight is 383 g/mol. The van der Waals surface area contributed by atoms with Gasteiger partial charge in [-0.1, -0.05) is 24.3 Å². The van der Waals surface area contributed by atoms with E-state index in [4.69, 9.17) is 0 Å². The second-order valence-corrected chi connectivity index (χ2v) is 6.99. The average Bonchev–Trinajstić information content (AvgIpc) is 2.52. The van der Waals surface area contributed by atoms with Crippen molar-refractivity contribution in [2.75, 3.05) is 34.5 Å². The lowest BCUT2D eigenvalue weighted by atomic mass is 9.80. The lowest BCUT2D eigenvalue weighted by Gasteiger charge is -2.34. The SMILES string of the molecule is SCC(CS)(CS)c1cccc(C(CS)(CS)CS)c1. The summed E-state index contributed by atoms with van der Waals surface area (Å²) in [4.78, 5) is 0. The Labute approximate surface area is 155 Å². The van der Waals surface area contributed by atoms with E-state index in [9.17, 15) is 0 Å². The Balaban J connectivity index is 3.32. The monoisotopic (exact) mass is 382 g/mol. The molecular formula is C14H22S6. The second kappa shape index (κ2) is 8.82. The van der Waals surface area contributed by atoms with Gasteiger partial charge in [-0.15, -0.1) is 0 Å². The highest BCUT2D eigenvalue weighted by atomic mass is 32.1. The molecule has 0 saturated carbocycles. The fourth-order valence-electron chi connectivity index (χ4n) is 2.03. The van der Waals surface area contributed by atoms with Crippen molar-refractivity contribution in [1.82, 2.24) is 0 Å². The first-order chi connectivity index (χ1) is 9.57. The van der Waals surface area contributed by atoms with Gasteiger partial charge in [0.1, 0.15) is 0 Å². The number of thiol groups is 6. The van der Waals surface area contributed by atoms with Crippen LogP contribution in [0.5, 0.6) is 0 Å². The van der Waals surface area contributed by atoms with Gasteiger partial charge >= 0.3 is 0 Å². The molecule has 0 aliphatic rings. The summed E-state index contributed by atoms with van der Waals surface area (Å²) < 4.78 is 0. The minimum atomic E-state index is -0.110. The van der Waals surface area contributed by atoms with E-state index in [0.29, 0.717) is 0 Å². The summed E-state index contributed by atoms with van der Waals surface area (Å²) in [5.41, 5.74) is 2.23. The van der Waals surface area contributed by atoms with Crippen molar-refractivity contribution in [3.63, 3.8) is 0 Å². The standard InChI is InChI=1S/C14H22S6/c15-5-13(6-16,7-17)11-2-1-3-12(4-11)14(8-18,9-19)10-20/h1-4,15-20H,5-10H2. The Morgan fingerprint density at radius 3 is 1.15 bits per heavy atom. The van der Waals surface area contributed by atoms with E-state index in [0.717, 1.165) is 34.5 Å². The molecule has 0 amide bonds. The van der Waals surface area contributed by atoms with Crippen LogP contribution in [0.3, 0.4) is 0 Å². The fraction of sp³-hybridized carbons (Fsp3) is 0.571. The number of hydrogen-bond donors (Lipinski definition) is 6. The lowest BCUT2D eigenvalue weighted by Crippen LogP contribution is -2.36. The van der Waals surface area contributed by atoms with Gasteiger partial charge in [0.15, 0.2) is 0 Å². The number of benzene rings is 1. The van der Waals surface area contributed by atoms with Crippen LogP contribution in [0.2, 0.25) is 0 Å². The van der Waals surface area contributed by atoms with E-state index in [-0.39, 0.29) is 10.8 Å². The Kier molecular flexibility index (Phi) is 8.54. The molecule has 1 aromatic carbocycles. The Morgan fingerprint density at radius 1 is 0.600 bits per heavy atom. The van der Waals surface area contributed by atoms with Crippen molar-refractivity contribution >= 4 is 75.8 Å². The molecule has 6 heteroatoms. The quantitative estimate of drug-likeness (QED) is 0.363. The van der Waals surface area contributed by atoms with Crippen LogP contribution in [0.25, 0.3) is 0 Å². The zero-order valence-corrected chi connectivity index (χ0v) is 16.6. The molecule has 0 atom stereocenters. The molecule has 0 N–H and O–H groups in total. The zero-order valence-electron chi connectivity index (χ0n) is 11.2. The molecule has 0 heterocycles. The molecule has 0 aliphatic carbocycles. The lowest BCUT2D eigenvalue weighted by molar-refractivity contribution is 0.608. The third-order valence-corrected chi connectivity index (χ3v) is 7.54. The Morgan fingerprint density at radius 2 is 0.900 bits per heavy atom. The smallest absolute Gasteiger partial charge is 0.0217 e. The molecule has 0 aliphatic heterocycles. The molecule has 0 nitrogen and oxygen atoms in total. The first-order valence-electron chi connectivity index (χ1n) is 6.34. The third-order valence-electron chi connectivity index (χ3n) is 3.90. The Hall–Kier alpha value is 1.32. The minimum Gasteiger partial charge on any atom is -0.178 e. The summed E-state index contributed by atoms with van der Waals surface area (Å²) in [5.74, 6) is 4.33. The maximum Gasteiger partial charge on any atom is 0.0217 e.